The van der Waals surface area contributed by atoms with Gasteiger partial charge in [-0.25, -0.2) is 5.43 Å². The van der Waals surface area contributed by atoms with Crippen molar-refractivity contribution in [2.75, 3.05) is 172 Å². The van der Waals surface area contributed by atoms with Gasteiger partial charge in [0, 0.05) is 38.6 Å². The number of hydrogen-bond donors (Lipinski definition) is 2. The number of ether oxygens (including phenoxy) is 12. The molecule has 0 spiro atoms. The summed E-state index contributed by atoms with van der Waals surface area (Å²) in [5, 5.41) is 6.77. The first-order valence-electron chi connectivity index (χ1n) is 22.3. The second kappa shape index (κ2) is 40.0. The fraction of sp³-hybridized carbons (Fsp3) is 0.750. The first-order chi connectivity index (χ1) is 31.7. The molecule has 1 fully saturated rings. The minimum Gasteiger partial charge on any atom is -0.382 e. The highest BCUT2D eigenvalue weighted by Crippen LogP contribution is 2.28. The molecule has 1 aliphatic heterocycles. The lowest BCUT2D eigenvalue weighted by molar-refractivity contribution is -0.138. The van der Waals surface area contributed by atoms with Crippen molar-refractivity contribution in [3.63, 3.8) is 0 Å². The zero-order chi connectivity index (χ0) is 47.0. The number of thioether (sulfide) groups is 1. The Morgan fingerprint density at radius 3 is 1.37 bits per heavy atom. The van der Waals surface area contributed by atoms with Gasteiger partial charge in [-0.05, 0) is 29.9 Å². The molecule has 0 aliphatic carbocycles. The molecule has 65 heavy (non-hydrogen) atoms. The second-order valence-corrected chi connectivity index (χ2v) is 16.1. The van der Waals surface area contributed by atoms with Crippen LogP contribution in [0.25, 0.3) is 0 Å². The molecule has 2 N–H and O–H groups in total. The Morgan fingerprint density at radius 1 is 0.615 bits per heavy atom. The van der Waals surface area contributed by atoms with E-state index in [1.807, 2.05) is 13.8 Å². The number of imide groups is 1. The first kappa shape index (κ1) is 58.0. The molecule has 0 radical (unpaired) electrons. The van der Waals surface area contributed by atoms with Gasteiger partial charge in [0.2, 0.25) is 17.7 Å². The van der Waals surface area contributed by atoms with Crippen molar-refractivity contribution >= 4 is 41.1 Å². The number of benzene rings is 1. The highest BCUT2D eigenvalue weighted by atomic mass is 32.2. The van der Waals surface area contributed by atoms with E-state index in [1.54, 1.807) is 38.3 Å². The molecule has 1 atom stereocenters. The summed E-state index contributed by atoms with van der Waals surface area (Å²) in [6.07, 6.45) is 0.114. The number of nitrogens with zero attached hydrogens (tertiary/aromatic N) is 2. The van der Waals surface area contributed by atoms with E-state index in [0.717, 1.165) is 4.90 Å². The Labute approximate surface area is 388 Å². The minimum absolute atomic E-state index is 0.0167. The van der Waals surface area contributed by atoms with Crippen LogP contribution >= 0.6 is 11.8 Å². The number of amides is 4. The van der Waals surface area contributed by atoms with E-state index in [0.29, 0.717) is 175 Å². The predicted molar refractivity (Wildman–Crippen MR) is 242 cm³/mol. The normalized spacial score (nSPS) is 14.3. The van der Waals surface area contributed by atoms with Gasteiger partial charge in [0.25, 0.3) is 5.91 Å². The quantitative estimate of drug-likeness (QED) is 0.0412. The Morgan fingerprint density at radius 2 is 0.985 bits per heavy atom. The van der Waals surface area contributed by atoms with Crippen molar-refractivity contribution in [3.05, 3.63) is 35.4 Å². The van der Waals surface area contributed by atoms with E-state index in [4.69, 9.17) is 56.8 Å². The summed E-state index contributed by atoms with van der Waals surface area (Å²) in [7, 11) is 1.64. The van der Waals surface area contributed by atoms with E-state index in [1.165, 1.54) is 11.8 Å². The maximum absolute atomic E-state index is 12.5. The molecule has 1 unspecified atom stereocenters. The molecular formula is C44H74N4O16S. The SMILES string of the molecule is COCCOCCOCCOCCOCCOCCOCCOCCOCCOCCOCCOCCNC(=O)c1ccc(/C(C)=N/NC(=O)CCN2C(=O)CC(SC(C)C)C2=O)cc1. The molecule has 2 rings (SSSR count). The van der Waals surface area contributed by atoms with Crippen LogP contribution in [0.15, 0.2) is 29.4 Å². The summed E-state index contributed by atoms with van der Waals surface area (Å²) in [5.41, 5.74) is 4.19. The van der Waals surface area contributed by atoms with Crippen LogP contribution in [-0.4, -0.2) is 217 Å². The Bertz CT molecular complexity index is 1430. The van der Waals surface area contributed by atoms with Crippen molar-refractivity contribution in [2.45, 2.75) is 44.1 Å². The molecule has 1 aromatic carbocycles. The molecule has 0 aromatic heterocycles. The summed E-state index contributed by atoms with van der Waals surface area (Å²) < 4.78 is 65.0. The number of carbonyl (C=O) groups is 4. The topological polar surface area (TPSA) is 219 Å². The van der Waals surface area contributed by atoms with Crippen LogP contribution in [0.2, 0.25) is 0 Å². The van der Waals surface area contributed by atoms with Gasteiger partial charge >= 0.3 is 0 Å². The number of carbonyl (C=O) groups excluding carboxylic acids is 4. The molecule has 4 amide bonds. The number of hydrazone groups is 1. The van der Waals surface area contributed by atoms with Crippen molar-refractivity contribution in [3.8, 4) is 0 Å². The van der Waals surface area contributed by atoms with Gasteiger partial charge in [-0.15, -0.1) is 11.8 Å². The Hall–Kier alpha value is -3.16. The standard InChI is InChI=1S/C44H74N4O16S/c1-36(2)65-40-35-42(50)48(44(40)52)11-9-41(49)47-46-37(3)38-5-7-39(8-6-38)43(51)45-10-12-54-15-16-56-19-20-58-23-24-60-27-28-62-31-32-64-34-33-63-30-29-61-26-25-59-22-21-57-18-17-55-14-13-53-4/h5-8,36,40H,9-35H2,1-4H3,(H,45,51)(H,47,49)/b46-37+. The lowest BCUT2D eigenvalue weighted by atomic mass is 10.1. The highest BCUT2D eigenvalue weighted by molar-refractivity contribution is 8.01. The van der Waals surface area contributed by atoms with Crippen LogP contribution in [0.3, 0.4) is 0 Å². The third-order valence-electron chi connectivity index (χ3n) is 8.80. The summed E-state index contributed by atoms with van der Waals surface area (Å²) in [6, 6.07) is 6.80. The molecule has 0 saturated carbocycles. The van der Waals surface area contributed by atoms with Gasteiger partial charge in [0.15, 0.2) is 0 Å². The van der Waals surface area contributed by atoms with E-state index >= 15 is 0 Å². The molecule has 1 heterocycles. The predicted octanol–water partition coefficient (Wildman–Crippen LogP) is 1.74. The molecule has 1 aromatic rings. The van der Waals surface area contributed by atoms with Crippen LogP contribution in [0, 0.1) is 0 Å². The summed E-state index contributed by atoms with van der Waals surface area (Å²) in [5.74, 6) is -1.16. The van der Waals surface area contributed by atoms with Crippen LogP contribution in [0.1, 0.15) is 49.5 Å². The monoisotopic (exact) mass is 946 g/mol. The molecule has 1 aliphatic rings. The van der Waals surface area contributed by atoms with Gasteiger partial charge in [-0.3, -0.25) is 24.1 Å². The van der Waals surface area contributed by atoms with Crippen molar-refractivity contribution in [2.24, 2.45) is 5.10 Å². The zero-order valence-electron chi connectivity index (χ0n) is 38.9. The smallest absolute Gasteiger partial charge is 0.251 e. The summed E-state index contributed by atoms with van der Waals surface area (Å²) in [4.78, 5) is 50.8. The van der Waals surface area contributed by atoms with E-state index in [9.17, 15) is 19.2 Å². The Kier molecular flexibility index (Phi) is 35.6. The van der Waals surface area contributed by atoms with Gasteiger partial charge in [0.05, 0.1) is 163 Å². The number of nitrogens with one attached hydrogen (secondary N) is 2. The fourth-order valence-corrected chi connectivity index (χ4v) is 6.59. The number of likely N-dealkylation sites (tertiary alicyclic amines) is 1. The van der Waals surface area contributed by atoms with Crippen LogP contribution < -0.4 is 10.7 Å². The van der Waals surface area contributed by atoms with E-state index in [-0.39, 0.29) is 42.4 Å². The third-order valence-corrected chi connectivity index (χ3v) is 10.0. The van der Waals surface area contributed by atoms with Crippen LogP contribution in [0.5, 0.6) is 0 Å². The number of hydrogen-bond acceptors (Lipinski definition) is 18. The van der Waals surface area contributed by atoms with Crippen LogP contribution in [0.4, 0.5) is 0 Å². The minimum atomic E-state index is -0.411. The van der Waals surface area contributed by atoms with Crippen LogP contribution in [-0.2, 0) is 71.2 Å². The zero-order valence-corrected chi connectivity index (χ0v) is 39.7. The van der Waals surface area contributed by atoms with Gasteiger partial charge in [0.1, 0.15) is 0 Å². The molecule has 21 heteroatoms. The fourth-order valence-electron chi connectivity index (χ4n) is 5.45. The van der Waals surface area contributed by atoms with E-state index in [2.05, 4.69) is 15.8 Å². The average Bonchev–Trinajstić information content (AvgIpc) is 3.56. The van der Waals surface area contributed by atoms with Gasteiger partial charge in [-0.1, -0.05) is 26.0 Å². The maximum Gasteiger partial charge on any atom is 0.251 e. The third kappa shape index (κ3) is 30.7. The molecular weight excluding hydrogens is 873 g/mol. The highest BCUT2D eigenvalue weighted by Gasteiger charge is 2.39. The summed E-state index contributed by atoms with van der Waals surface area (Å²) in [6.45, 7) is 17.0. The first-order valence-corrected chi connectivity index (χ1v) is 23.2. The number of methoxy groups -OCH3 is 1. The molecule has 0 bridgehead atoms. The largest absolute Gasteiger partial charge is 0.382 e. The lowest BCUT2D eigenvalue weighted by Gasteiger charge is -2.15. The Balaban J connectivity index is 1.29. The molecule has 1 saturated heterocycles. The van der Waals surface area contributed by atoms with Gasteiger partial charge in [-0.2, -0.15) is 5.10 Å². The average molecular weight is 947 g/mol. The molecule has 372 valence electrons. The number of rotatable bonds is 44. The van der Waals surface area contributed by atoms with Crippen molar-refractivity contribution < 1.29 is 76.0 Å². The summed E-state index contributed by atoms with van der Waals surface area (Å²) >= 11 is 1.46. The van der Waals surface area contributed by atoms with Gasteiger partial charge < -0.3 is 62.2 Å². The van der Waals surface area contributed by atoms with E-state index < -0.39 is 11.2 Å². The van der Waals surface area contributed by atoms with Crippen molar-refractivity contribution in [1.82, 2.24) is 15.6 Å². The second-order valence-electron chi connectivity index (χ2n) is 14.3. The lowest BCUT2D eigenvalue weighted by Crippen LogP contribution is -2.35. The molecule has 20 nitrogen and oxygen atoms in total. The maximum atomic E-state index is 12.5. The van der Waals surface area contributed by atoms with Crippen molar-refractivity contribution in [1.29, 1.82) is 0 Å².